The van der Waals surface area contributed by atoms with Crippen molar-refractivity contribution in [2.75, 3.05) is 5.73 Å². The first-order valence-electron chi connectivity index (χ1n) is 5.40. The fourth-order valence-corrected chi connectivity index (χ4v) is 2.34. The molecule has 0 spiro atoms. The fraction of sp³-hybridized carbons (Fsp3) is 0.600. The molecular weight excluding hydrogens is 337 g/mol. The van der Waals surface area contributed by atoms with Crippen LogP contribution in [-0.4, -0.2) is 26.9 Å². The summed E-state index contributed by atoms with van der Waals surface area (Å²) in [6.45, 7) is 1.93. The largest absolute Gasteiger partial charge is 0.390 e. The van der Waals surface area contributed by atoms with Crippen molar-refractivity contribution in [2.45, 2.75) is 38.2 Å². The lowest BCUT2D eigenvalue weighted by Gasteiger charge is -2.15. The van der Waals surface area contributed by atoms with E-state index in [1.54, 1.807) is 6.20 Å². The van der Waals surface area contributed by atoms with Gasteiger partial charge in [0.25, 0.3) is 0 Å². The highest BCUT2D eigenvalue weighted by Crippen LogP contribution is 2.29. The quantitative estimate of drug-likeness (QED) is 0.757. The zero-order valence-electron chi connectivity index (χ0n) is 9.34. The predicted octanol–water partition coefficient (Wildman–Crippen LogP) is 0.488. The summed E-state index contributed by atoms with van der Waals surface area (Å²) in [5, 5.41) is 9.75. The van der Waals surface area contributed by atoms with Gasteiger partial charge in [-0.2, -0.15) is 4.98 Å². The van der Waals surface area contributed by atoms with Gasteiger partial charge in [-0.1, -0.05) is 6.92 Å². The smallest absolute Gasteiger partial charge is 0.351 e. The third-order valence-electron chi connectivity index (χ3n) is 2.85. The standard InChI is InChI=1S/C10H14IN3O3/c1-2-7-6(15)3-8(17-7)14-4-5(11)9(12)13-10(14)16/h4,6-8,15H,2-3H2,1H3,(H2,12,13,16)/t6?,7-,8-/m1/s1. The molecule has 2 rings (SSSR count). The summed E-state index contributed by atoms with van der Waals surface area (Å²) in [5.41, 5.74) is 5.10. The van der Waals surface area contributed by atoms with Crippen LogP contribution < -0.4 is 11.4 Å². The van der Waals surface area contributed by atoms with Gasteiger partial charge in [0, 0.05) is 12.6 Å². The third-order valence-corrected chi connectivity index (χ3v) is 3.68. The highest BCUT2D eigenvalue weighted by atomic mass is 127. The van der Waals surface area contributed by atoms with Crippen LogP contribution in [0, 0.1) is 3.57 Å². The van der Waals surface area contributed by atoms with E-state index in [2.05, 4.69) is 4.98 Å². The third kappa shape index (κ3) is 2.45. The number of anilines is 1. The van der Waals surface area contributed by atoms with Gasteiger partial charge in [0.1, 0.15) is 12.0 Å². The minimum Gasteiger partial charge on any atom is -0.390 e. The molecule has 0 amide bonds. The van der Waals surface area contributed by atoms with Gasteiger partial charge in [0.2, 0.25) is 0 Å². The first-order chi connectivity index (χ1) is 8.02. The number of halogens is 1. The van der Waals surface area contributed by atoms with Crippen LogP contribution in [0.25, 0.3) is 0 Å². The number of hydrogen-bond acceptors (Lipinski definition) is 5. The average molecular weight is 351 g/mol. The second-order valence-corrected chi connectivity index (χ2v) is 5.17. The Bertz CT molecular complexity index is 476. The van der Waals surface area contributed by atoms with E-state index >= 15 is 0 Å². The first kappa shape index (κ1) is 12.8. The van der Waals surface area contributed by atoms with E-state index in [0.717, 1.165) is 0 Å². The van der Waals surface area contributed by atoms with Crippen molar-refractivity contribution in [2.24, 2.45) is 0 Å². The lowest BCUT2D eigenvalue weighted by atomic mass is 10.1. The Balaban J connectivity index is 2.30. The molecule has 94 valence electrons. The molecule has 0 aliphatic carbocycles. The van der Waals surface area contributed by atoms with Crippen molar-refractivity contribution < 1.29 is 9.84 Å². The number of ether oxygens (including phenoxy) is 1. The van der Waals surface area contributed by atoms with E-state index in [0.29, 0.717) is 16.4 Å². The van der Waals surface area contributed by atoms with Gasteiger partial charge >= 0.3 is 5.69 Å². The second-order valence-electron chi connectivity index (χ2n) is 4.00. The highest BCUT2D eigenvalue weighted by Gasteiger charge is 2.34. The number of nitrogens with zero attached hydrogens (tertiary/aromatic N) is 2. The van der Waals surface area contributed by atoms with Gasteiger partial charge in [-0.25, -0.2) is 4.79 Å². The molecule has 7 heteroatoms. The number of rotatable bonds is 2. The van der Waals surface area contributed by atoms with E-state index in [4.69, 9.17) is 10.5 Å². The maximum atomic E-state index is 11.7. The highest BCUT2D eigenvalue weighted by molar-refractivity contribution is 14.1. The summed E-state index contributed by atoms with van der Waals surface area (Å²) in [5.74, 6) is 0.220. The Morgan fingerprint density at radius 1 is 1.76 bits per heavy atom. The van der Waals surface area contributed by atoms with Crippen LogP contribution in [0.15, 0.2) is 11.0 Å². The summed E-state index contributed by atoms with van der Waals surface area (Å²) in [7, 11) is 0. The number of aliphatic hydroxyl groups excluding tert-OH is 1. The van der Waals surface area contributed by atoms with Crippen LogP contribution in [-0.2, 0) is 4.74 Å². The zero-order chi connectivity index (χ0) is 12.6. The molecular formula is C10H14IN3O3. The SMILES string of the molecule is CC[C@H]1O[C@@H](n2cc(I)c(N)nc2=O)CC1O. The van der Waals surface area contributed by atoms with Crippen LogP contribution in [0.5, 0.6) is 0 Å². The molecule has 1 saturated heterocycles. The lowest BCUT2D eigenvalue weighted by Crippen LogP contribution is -2.28. The summed E-state index contributed by atoms with van der Waals surface area (Å²) >= 11 is 2.01. The molecule has 1 fully saturated rings. The van der Waals surface area contributed by atoms with Crippen LogP contribution in [0.1, 0.15) is 26.0 Å². The summed E-state index contributed by atoms with van der Waals surface area (Å²) in [4.78, 5) is 15.4. The molecule has 1 aliphatic rings. The van der Waals surface area contributed by atoms with Gasteiger partial charge in [-0.05, 0) is 29.0 Å². The molecule has 0 aromatic carbocycles. The molecule has 2 heterocycles. The molecule has 1 aliphatic heterocycles. The van der Waals surface area contributed by atoms with E-state index in [9.17, 15) is 9.90 Å². The minimum atomic E-state index is -0.535. The number of nitrogen functional groups attached to an aromatic ring is 1. The second kappa shape index (κ2) is 4.91. The zero-order valence-corrected chi connectivity index (χ0v) is 11.5. The van der Waals surface area contributed by atoms with Crippen LogP contribution in [0.2, 0.25) is 0 Å². The molecule has 6 nitrogen and oxygen atoms in total. The molecule has 0 radical (unpaired) electrons. The topological polar surface area (TPSA) is 90.4 Å². The van der Waals surface area contributed by atoms with Gasteiger partial charge < -0.3 is 15.6 Å². The van der Waals surface area contributed by atoms with Crippen molar-refractivity contribution in [1.82, 2.24) is 9.55 Å². The van der Waals surface area contributed by atoms with Crippen molar-refractivity contribution in [3.8, 4) is 0 Å². The molecule has 0 bridgehead atoms. The normalized spacial score (nSPS) is 28.5. The number of nitrogens with two attached hydrogens (primary N) is 1. The number of aromatic nitrogens is 2. The van der Waals surface area contributed by atoms with Crippen LogP contribution in [0.4, 0.5) is 5.82 Å². The molecule has 1 aromatic heterocycles. The van der Waals surface area contributed by atoms with E-state index in [-0.39, 0.29) is 11.9 Å². The molecule has 3 atom stereocenters. The van der Waals surface area contributed by atoms with Gasteiger partial charge in [-0.15, -0.1) is 0 Å². The molecule has 1 aromatic rings. The number of aliphatic hydroxyl groups is 1. The first-order valence-corrected chi connectivity index (χ1v) is 6.48. The van der Waals surface area contributed by atoms with Crippen molar-refractivity contribution in [3.05, 3.63) is 20.3 Å². The average Bonchev–Trinajstić information content (AvgIpc) is 2.65. The summed E-state index contributed by atoms with van der Waals surface area (Å²) in [6.07, 6.45) is 1.52. The van der Waals surface area contributed by atoms with Crippen LogP contribution in [0.3, 0.4) is 0 Å². The van der Waals surface area contributed by atoms with Crippen molar-refractivity contribution in [3.63, 3.8) is 0 Å². The fourth-order valence-electron chi connectivity index (χ4n) is 1.92. The molecule has 1 unspecified atom stereocenters. The summed E-state index contributed by atoms with van der Waals surface area (Å²) < 4.78 is 7.69. The molecule has 3 N–H and O–H groups in total. The van der Waals surface area contributed by atoms with E-state index < -0.39 is 18.0 Å². The summed E-state index contributed by atoms with van der Waals surface area (Å²) in [6, 6.07) is 0. The van der Waals surface area contributed by atoms with E-state index in [1.807, 2.05) is 29.5 Å². The van der Waals surface area contributed by atoms with Crippen LogP contribution >= 0.6 is 22.6 Å². The van der Waals surface area contributed by atoms with Gasteiger partial charge in [0.05, 0.1) is 15.8 Å². The van der Waals surface area contributed by atoms with Gasteiger partial charge in [0.15, 0.2) is 0 Å². The maximum absolute atomic E-state index is 11.7. The predicted molar refractivity (Wildman–Crippen MR) is 70.5 cm³/mol. The Morgan fingerprint density at radius 2 is 2.47 bits per heavy atom. The monoisotopic (exact) mass is 351 g/mol. The Morgan fingerprint density at radius 3 is 3.06 bits per heavy atom. The van der Waals surface area contributed by atoms with Gasteiger partial charge in [-0.3, -0.25) is 4.57 Å². The maximum Gasteiger partial charge on any atom is 0.351 e. The Labute approximate surface area is 112 Å². The molecule has 17 heavy (non-hydrogen) atoms. The lowest BCUT2D eigenvalue weighted by molar-refractivity contribution is -0.0217. The van der Waals surface area contributed by atoms with E-state index in [1.165, 1.54) is 4.57 Å². The molecule has 0 saturated carbocycles. The Kier molecular flexibility index (Phi) is 3.69. The minimum absolute atomic E-state index is 0.220. The number of hydrogen-bond donors (Lipinski definition) is 2. The van der Waals surface area contributed by atoms with Crippen molar-refractivity contribution >= 4 is 28.4 Å². The Hall–Kier alpha value is -0.670. The van der Waals surface area contributed by atoms with Crippen molar-refractivity contribution in [1.29, 1.82) is 0 Å².